The van der Waals surface area contributed by atoms with E-state index in [-0.39, 0.29) is 12.0 Å². The number of benzene rings is 1. The van der Waals surface area contributed by atoms with Gasteiger partial charge in [0.1, 0.15) is 0 Å². The van der Waals surface area contributed by atoms with E-state index in [2.05, 4.69) is 0 Å². The fourth-order valence-corrected chi connectivity index (χ4v) is 2.75. The molecular formula is C18H20N2O4S. The van der Waals surface area contributed by atoms with Gasteiger partial charge in [-0.1, -0.05) is 42.5 Å². The Balaban J connectivity index is 1.92. The van der Waals surface area contributed by atoms with Gasteiger partial charge in [-0.05, 0) is 23.6 Å². The van der Waals surface area contributed by atoms with E-state index in [1.54, 1.807) is 6.20 Å². The van der Waals surface area contributed by atoms with E-state index in [0.29, 0.717) is 13.0 Å². The maximum absolute atomic E-state index is 12.1. The molecule has 132 valence electrons. The van der Waals surface area contributed by atoms with Crippen LogP contribution in [0.25, 0.3) is 12.2 Å². The highest BCUT2D eigenvalue weighted by Crippen LogP contribution is 2.06. The minimum Gasteiger partial charge on any atom is -0.315 e. The lowest BCUT2D eigenvalue weighted by molar-refractivity contribution is -0.119. The zero-order valence-electron chi connectivity index (χ0n) is 13.9. The van der Waals surface area contributed by atoms with Crippen LogP contribution in [0.1, 0.15) is 24.0 Å². The molecule has 2 aromatic rings. The lowest BCUT2D eigenvalue weighted by atomic mass is 10.1. The third-order valence-electron chi connectivity index (χ3n) is 3.39. The molecule has 25 heavy (non-hydrogen) atoms. The number of aryl methyl sites for hydroxylation is 1. The highest BCUT2D eigenvalue weighted by Gasteiger charge is 2.08. The van der Waals surface area contributed by atoms with Crippen LogP contribution in [-0.4, -0.2) is 25.1 Å². The number of nitrogens with zero attached hydrogens (tertiary/aromatic N) is 1. The largest absolute Gasteiger partial charge is 0.315 e. The third kappa shape index (κ3) is 6.76. The molecule has 0 saturated heterocycles. The molecule has 0 aliphatic rings. The van der Waals surface area contributed by atoms with E-state index >= 15 is 0 Å². The third-order valence-corrected chi connectivity index (χ3v) is 3.99. The second-order valence-corrected chi connectivity index (χ2v) is 7.39. The smallest absolute Gasteiger partial charge is 0.251 e. The standard InChI is InChI=1S/C18H20N2O4S/c1-25(23,24)19-17(21)8-5-12-20-13-11-16(14-18(20)22)10-9-15-6-3-2-4-7-15/h2-4,6-7,9-11,13-14H,5,8,12H2,1H3,(H,19,21). The molecule has 1 N–H and O–H groups in total. The van der Waals surface area contributed by atoms with Crippen LogP contribution in [0.2, 0.25) is 0 Å². The Morgan fingerprint density at radius 3 is 2.44 bits per heavy atom. The van der Waals surface area contributed by atoms with Crippen LogP contribution >= 0.6 is 0 Å². The lowest BCUT2D eigenvalue weighted by Gasteiger charge is -2.06. The van der Waals surface area contributed by atoms with E-state index in [1.807, 2.05) is 53.3 Å². The van der Waals surface area contributed by atoms with Crippen molar-refractivity contribution in [2.75, 3.05) is 6.26 Å². The minimum atomic E-state index is -3.54. The first-order chi connectivity index (χ1) is 11.8. The minimum absolute atomic E-state index is 0.0369. The molecule has 0 aliphatic carbocycles. The quantitative estimate of drug-likeness (QED) is 0.817. The molecule has 0 unspecified atom stereocenters. The van der Waals surface area contributed by atoms with Crippen molar-refractivity contribution in [3.8, 4) is 0 Å². The average molecular weight is 360 g/mol. The Bertz CT molecular complexity index is 916. The average Bonchev–Trinajstić information content (AvgIpc) is 2.54. The molecule has 1 amide bonds. The molecule has 0 saturated carbocycles. The second-order valence-electron chi connectivity index (χ2n) is 5.64. The predicted octanol–water partition coefficient (Wildman–Crippen LogP) is 1.87. The van der Waals surface area contributed by atoms with E-state index in [0.717, 1.165) is 17.4 Å². The fraction of sp³-hybridized carbons (Fsp3) is 0.222. The van der Waals surface area contributed by atoms with Gasteiger partial charge in [-0.3, -0.25) is 14.3 Å². The van der Waals surface area contributed by atoms with Gasteiger partial charge in [-0.15, -0.1) is 0 Å². The molecule has 0 fully saturated rings. The van der Waals surface area contributed by atoms with E-state index in [4.69, 9.17) is 0 Å². The van der Waals surface area contributed by atoms with Crippen LogP contribution in [0.3, 0.4) is 0 Å². The monoisotopic (exact) mass is 360 g/mol. The first-order valence-electron chi connectivity index (χ1n) is 7.78. The second kappa shape index (κ2) is 8.43. The molecule has 0 radical (unpaired) electrons. The molecular weight excluding hydrogens is 340 g/mol. The highest BCUT2D eigenvalue weighted by molar-refractivity contribution is 7.89. The van der Waals surface area contributed by atoms with E-state index in [1.165, 1.54) is 10.6 Å². The number of nitrogens with one attached hydrogen (secondary N) is 1. The molecule has 0 aliphatic heterocycles. The molecule has 1 aromatic carbocycles. The van der Waals surface area contributed by atoms with E-state index < -0.39 is 15.9 Å². The van der Waals surface area contributed by atoms with Gasteiger partial charge < -0.3 is 4.57 Å². The van der Waals surface area contributed by atoms with E-state index in [9.17, 15) is 18.0 Å². The Morgan fingerprint density at radius 2 is 1.80 bits per heavy atom. The summed E-state index contributed by atoms with van der Waals surface area (Å²) in [4.78, 5) is 23.5. The topological polar surface area (TPSA) is 85.2 Å². The van der Waals surface area contributed by atoms with Crippen molar-refractivity contribution in [2.45, 2.75) is 19.4 Å². The van der Waals surface area contributed by atoms with Crippen LogP contribution in [0.5, 0.6) is 0 Å². The zero-order chi connectivity index (χ0) is 18.3. The number of sulfonamides is 1. The molecule has 1 heterocycles. The van der Waals surface area contributed by atoms with Crippen LogP contribution in [-0.2, 0) is 21.4 Å². The molecule has 2 rings (SSSR count). The van der Waals surface area contributed by atoms with Crippen molar-refractivity contribution in [1.29, 1.82) is 0 Å². The van der Waals surface area contributed by atoms with Gasteiger partial charge in [-0.25, -0.2) is 8.42 Å². The molecule has 6 nitrogen and oxygen atoms in total. The van der Waals surface area contributed by atoms with Gasteiger partial charge in [0.2, 0.25) is 15.9 Å². The number of pyridine rings is 1. The Hall–Kier alpha value is -2.67. The number of carbonyl (C=O) groups is 1. The van der Waals surface area contributed by atoms with Crippen molar-refractivity contribution in [1.82, 2.24) is 9.29 Å². The van der Waals surface area contributed by atoms with Crippen LogP contribution in [0.15, 0.2) is 53.5 Å². The number of hydrogen-bond donors (Lipinski definition) is 1. The molecule has 0 bridgehead atoms. The summed E-state index contributed by atoms with van der Waals surface area (Å²) in [6, 6.07) is 13.1. The van der Waals surface area contributed by atoms with Crippen LogP contribution in [0.4, 0.5) is 0 Å². The summed E-state index contributed by atoms with van der Waals surface area (Å²) >= 11 is 0. The fourth-order valence-electron chi connectivity index (χ4n) is 2.24. The summed E-state index contributed by atoms with van der Waals surface area (Å²) in [6.45, 7) is 0.346. The van der Waals surface area contributed by atoms with Gasteiger partial charge in [-0.2, -0.15) is 0 Å². The first kappa shape index (κ1) is 18.7. The number of aromatic nitrogens is 1. The zero-order valence-corrected chi connectivity index (χ0v) is 14.7. The van der Waals surface area contributed by atoms with Crippen molar-refractivity contribution < 1.29 is 13.2 Å². The van der Waals surface area contributed by atoms with Gasteiger partial charge in [0.15, 0.2) is 0 Å². The maximum Gasteiger partial charge on any atom is 0.251 e. The summed E-state index contributed by atoms with van der Waals surface area (Å²) in [5, 5.41) is 0. The number of rotatable bonds is 7. The SMILES string of the molecule is CS(=O)(=O)NC(=O)CCCn1ccc(C=Cc2ccccc2)cc1=O. The highest BCUT2D eigenvalue weighted by atomic mass is 32.2. The number of carbonyl (C=O) groups excluding carboxylic acids is 1. The normalized spacial score (nSPS) is 11.6. The van der Waals surface area contributed by atoms with Crippen molar-refractivity contribution >= 4 is 28.1 Å². The van der Waals surface area contributed by atoms with Gasteiger partial charge >= 0.3 is 0 Å². The van der Waals surface area contributed by atoms with Gasteiger partial charge in [0.05, 0.1) is 6.26 Å². The van der Waals surface area contributed by atoms with Crippen LogP contribution < -0.4 is 10.3 Å². The molecule has 7 heteroatoms. The summed E-state index contributed by atoms with van der Waals surface area (Å²) in [5.41, 5.74) is 1.67. The number of amides is 1. The first-order valence-corrected chi connectivity index (χ1v) is 9.67. The molecule has 0 spiro atoms. The van der Waals surface area contributed by atoms with Crippen molar-refractivity contribution in [3.05, 3.63) is 70.1 Å². The predicted molar refractivity (Wildman–Crippen MR) is 98.3 cm³/mol. The lowest BCUT2D eigenvalue weighted by Crippen LogP contribution is -2.29. The van der Waals surface area contributed by atoms with Gasteiger partial charge in [0.25, 0.3) is 5.56 Å². The van der Waals surface area contributed by atoms with Gasteiger partial charge in [0, 0.05) is 25.2 Å². The Kier molecular flexibility index (Phi) is 6.30. The summed E-state index contributed by atoms with van der Waals surface area (Å²) < 4.78 is 25.3. The van der Waals surface area contributed by atoms with Crippen LogP contribution in [0, 0.1) is 0 Å². The Morgan fingerprint density at radius 1 is 1.12 bits per heavy atom. The number of hydrogen-bond acceptors (Lipinski definition) is 4. The van der Waals surface area contributed by atoms with Crippen molar-refractivity contribution in [2.24, 2.45) is 0 Å². The summed E-state index contributed by atoms with van der Waals surface area (Å²) in [7, 11) is -3.54. The maximum atomic E-state index is 12.1. The van der Waals surface area contributed by atoms with Crippen molar-refractivity contribution in [3.63, 3.8) is 0 Å². The summed E-state index contributed by atoms with van der Waals surface area (Å²) in [5.74, 6) is -0.571. The Labute approximate surface area is 146 Å². The molecule has 0 atom stereocenters. The summed E-state index contributed by atoms with van der Waals surface area (Å²) in [6.07, 6.45) is 6.80. The molecule has 1 aromatic heterocycles.